The van der Waals surface area contributed by atoms with Crippen LogP contribution in [0.1, 0.15) is 24.9 Å². The molecule has 0 aliphatic carbocycles. The number of nitrogens with two attached hydrogens (primary N) is 2. The van der Waals surface area contributed by atoms with Gasteiger partial charge in [-0.3, -0.25) is 10.2 Å². The molecule has 1 aromatic rings. The molecule has 0 fully saturated rings. The van der Waals surface area contributed by atoms with Crippen molar-refractivity contribution in [3.8, 4) is 5.75 Å². The van der Waals surface area contributed by atoms with Crippen molar-refractivity contribution in [2.24, 2.45) is 11.6 Å². The molecule has 1 amide bonds. The molecule has 0 spiro atoms. The van der Waals surface area contributed by atoms with Crippen LogP contribution in [0.25, 0.3) is 0 Å². The summed E-state index contributed by atoms with van der Waals surface area (Å²) in [6.07, 6.45) is 0.171. The molecule has 1 aromatic carbocycles. The van der Waals surface area contributed by atoms with Crippen molar-refractivity contribution in [1.29, 1.82) is 0 Å². The molecule has 16 heavy (non-hydrogen) atoms. The quantitative estimate of drug-likeness (QED) is 0.384. The summed E-state index contributed by atoms with van der Waals surface area (Å²) in [5.41, 5.74) is 8.77. The van der Waals surface area contributed by atoms with Gasteiger partial charge in [0.15, 0.2) is 0 Å². The Hall–Kier alpha value is -1.59. The standard InChI is InChI=1S/C11H17N3O2/c1-2-16-9-5-3-8(4-6-9)10(12)7-11(15)14-13/h3-6,10H,2,7,12-13H2,1H3,(H,14,15). The van der Waals surface area contributed by atoms with Gasteiger partial charge in [-0.15, -0.1) is 0 Å². The van der Waals surface area contributed by atoms with Crippen molar-refractivity contribution in [3.05, 3.63) is 29.8 Å². The number of carbonyl (C=O) groups is 1. The number of nitrogens with one attached hydrogen (secondary N) is 1. The molecule has 1 rings (SSSR count). The van der Waals surface area contributed by atoms with Crippen LogP contribution in [0.15, 0.2) is 24.3 Å². The van der Waals surface area contributed by atoms with Crippen LogP contribution in [-0.2, 0) is 4.79 Å². The normalized spacial score (nSPS) is 11.9. The van der Waals surface area contributed by atoms with E-state index in [1.807, 2.05) is 31.2 Å². The maximum atomic E-state index is 11.0. The fourth-order valence-corrected chi connectivity index (χ4v) is 1.35. The first kappa shape index (κ1) is 12.5. The minimum atomic E-state index is -0.348. The molecule has 0 saturated heterocycles. The second-order valence-electron chi connectivity index (χ2n) is 3.38. The average molecular weight is 223 g/mol. The largest absolute Gasteiger partial charge is 0.494 e. The topological polar surface area (TPSA) is 90.4 Å². The first-order valence-corrected chi connectivity index (χ1v) is 5.15. The minimum Gasteiger partial charge on any atom is -0.494 e. The number of benzene rings is 1. The van der Waals surface area contributed by atoms with Crippen LogP contribution in [0, 0.1) is 0 Å². The summed E-state index contributed by atoms with van der Waals surface area (Å²) in [6, 6.07) is 7.01. The monoisotopic (exact) mass is 223 g/mol. The lowest BCUT2D eigenvalue weighted by atomic mass is 10.0. The van der Waals surface area contributed by atoms with Crippen LogP contribution in [-0.4, -0.2) is 12.5 Å². The van der Waals surface area contributed by atoms with Crippen LogP contribution < -0.4 is 21.7 Å². The number of rotatable bonds is 5. The summed E-state index contributed by atoms with van der Waals surface area (Å²) >= 11 is 0. The van der Waals surface area contributed by atoms with E-state index < -0.39 is 0 Å². The van der Waals surface area contributed by atoms with E-state index in [0.717, 1.165) is 11.3 Å². The lowest BCUT2D eigenvalue weighted by Crippen LogP contribution is -2.32. The molecule has 0 aliphatic rings. The molecular weight excluding hydrogens is 206 g/mol. The van der Waals surface area contributed by atoms with E-state index in [4.69, 9.17) is 16.3 Å². The lowest BCUT2D eigenvalue weighted by molar-refractivity contribution is -0.121. The highest BCUT2D eigenvalue weighted by molar-refractivity contribution is 5.76. The summed E-state index contributed by atoms with van der Waals surface area (Å²) in [5.74, 6) is 5.50. The predicted molar refractivity (Wildman–Crippen MR) is 61.5 cm³/mol. The van der Waals surface area contributed by atoms with E-state index in [1.54, 1.807) is 0 Å². The summed E-state index contributed by atoms with van der Waals surface area (Å²) in [6.45, 7) is 2.55. The van der Waals surface area contributed by atoms with Gasteiger partial charge in [-0.05, 0) is 24.6 Å². The van der Waals surface area contributed by atoms with E-state index in [1.165, 1.54) is 0 Å². The highest BCUT2D eigenvalue weighted by Gasteiger charge is 2.10. The van der Waals surface area contributed by atoms with Gasteiger partial charge < -0.3 is 10.5 Å². The van der Waals surface area contributed by atoms with Crippen molar-refractivity contribution in [1.82, 2.24) is 5.43 Å². The van der Waals surface area contributed by atoms with Gasteiger partial charge in [0.05, 0.1) is 6.61 Å². The molecule has 88 valence electrons. The zero-order valence-corrected chi connectivity index (χ0v) is 9.27. The Balaban J connectivity index is 2.62. The molecular formula is C11H17N3O2. The number of hydrazine groups is 1. The fourth-order valence-electron chi connectivity index (χ4n) is 1.35. The Morgan fingerprint density at radius 3 is 2.56 bits per heavy atom. The highest BCUT2D eigenvalue weighted by atomic mass is 16.5. The van der Waals surface area contributed by atoms with Gasteiger partial charge in [-0.1, -0.05) is 12.1 Å². The molecule has 1 atom stereocenters. The molecule has 0 heterocycles. The third-order valence-electron chi connectivity index (χ3n) is 2.19. The maximum Gasteiger partial charge on any atom is 0.235 e. The zero-order valence-electron chi connectivity index (χ0n) is 9.27. The van der Waals surface area contributed by atoms with Crippen LogP contribution in [0.5, 0.6) is 5.75 Å². The SMILES string of the molecule is CCOc1ccc(C(N)CC(=O)NN)cc1. The maximum absolute atomic E-state index is 11.0. The summed E-state index contributed by atoms with van der Waals surface area (Å²) in [7, 11) is 0. The molecule has 0 saturated carbocycles. The van der Waals surface area contributed by atoms with E-state index in [9.17, 15) is 4.79 Å². The Bertz CT molecular complexity index is 338. The molecule has 1 unspecified atom stereocenters. The molecule has 0 bridgehead atoms. The summed E-state index contributed by atoms with van der Waals surface area (Å²) in [4.78, 5) is 11.0. The van der Waals surface area contributed by atoms with Crippen LogP contribution in [0.4, 0.5) is 0 Å². The average Bonchev–Trinajstić information content (AvgIpc) is 2.30. The molecule has 5 heteroatoms. The van der Waals surface area contributed by atoms with Gasteiger partial charge in [0.2, 0.25) is 5.91 Å². The first-order valence-electron chi connectivity index (χ1n) is 5.15. The zero-order chi connectivity index (χ0) is 12.0. The number of hydrogen-bond acceptors (Lipinski definition) is 4. The van der Waals surface area contributed by atoms with E-state index in [-0.39, 0.29) is 18.4 Å². The van der Waals surface area contributed by atoms with Gasteiger partial charge in [-0.2, -0.15) is 0 Å². The number of amides is 1. The van der Waals surface area contributed by atoms with E-state index >= 15 is 0 Å². The van der Waals surface area contributed by atoms with Crippen LogP contribution in [0.2, 0.25) is 0 Å². The van der Waals surface area contributed by atoms with Crippen molar-refractivity contribution >= 4 is 5.91 Å². The fraction of sp³-hybridized carbons (Fsp3) is 0.364. The van der Waals surface area contributed by atoms with Gasteiger partial charge >= 0.3 is 0 Å². The van der Waals surface area contributed by atoms with Crippen molar-refractivity contribution in [3.63, 3.8) is 0 Å². The summed E-state index contributed by atoms with van der Waals surface area (Å²) < 4.78 is 5.30. The predicted octanol–water partition coefficient (Wildman–Crippen LogP) is 0.465. The Morgan fingerprint density at radius 1 is 1.44 bits per heavy atom. The molecule has 5 nitrogen and oxygen atoms in total. The van der Waals surface area contributed by atoms with Gasteiger partial charge in [0.25, 0.3) is 0 Å². The third-order valence-corrected chi connectivity index (χ3v) is 2.19. The number of hydrogen-bond donors (Lipinski definition) is 3. The Morgan fingerprint density at radius 2 is 2.06 bits per heavy atom. The Labute approximate surface area is 94.7 Å². The van der Waals surface area contributed by atoms with Crippen LogP contribution >= 0.6 is 0 Å². The molecule has 0 aliphatic heterocycles. The number of carbonyl (C=O) groups excluding carboxylic acids is 1. The lowest BCUT2D eigenvalue weighted by Gasteiger charge is -2.11. The second-order valence-corrected chi connectivity index (χ2v) is 3.38. The van der Waals surface area contributed by atoms with Gasteiger partial charge in [0.1, 0.15) is 5.75 Å². The molecule has 0 aromatic heterocycles. The molecule has 0 radical (unpaired) electrons. The first-order chi connectivity index (χ1) is 7.67. The smallest absolute Gasteiger partial charge is 0.235 e. The van der Waals surface area contributed by atoms with Crippen molar-refractivity contribution < 1.29 is 9.53 Å². The second kappa shape index (κ2) is 6.09. The highest BCUT2D eigenvalue weighted by Crippen LogP contribution is 2.18. The van der Waals surface area contributed by atoms with E-state index in [2.05, 4.69) is 5.43 Å². The molecule has 5 N–H and O–H groups in total. The van der Waals surface area contributed by atoms with E-state index in [0.29, 0.717) is 6.61 Å². The Kier molecular flexibility index (Phi) is 4.75. The number of ether oxygens (including phenoxy) is 1. The van der Waals surface area contributed by atoms with Crippen LogP contribution in [0.3, 0.4) is 0 Å². The third kappa shape index (κ3) is 3.52. The van der Waals surface area contributed by atoms with Crippen molar-refractivity contribution in [2.45, 2.75) is 19.4 Å². The van der Waals surface area contributed by atoms with Crippen molar-refractivity contribution in [2.75, 3.05) is 6.61 Å². The minimum absolute atomic E-state index is 0.171. The van der Waals surface area contributed by atoms with Gasteiger partial charge in [-0.25, -0.2) is 5.84 Å². The van der Waals surface area contributed by atoms with Gasteiger partial charge in [0, 0.05) is 12.5 Å². The summed E-state index contributed by atoms with van der Waals surface area (Å²) in [5, 5.41) is 0.